The molecular weight excluding hydrogens is 1020 g/mol. The molecule has 0 N–H and O–H groups in total. The molecule has 0 aliphatic heterocycles. The van der Waals surface area contributed by atoms with Gasteiger partial charge in [-0.2, -0.15) is 0 Å². The van der Waals surface area contributed by atoms with Crippen molar-refractivity contribution in [1.82, 2.24) is 0 Å². The van der Waals surface area contributed by atoms with Crippen LogP contribution in [0.5, 0.6) is 0 Å². The predicted molar refractivity (Wildman–Crippen MR) is 371 cm³/mol. The van der Waals surface area contributed by atoms with Gasteiger partial charge in [0.05, 0.1) is 0 Å². The molecule has 0 radical (unpaired) electrons. The zero-order chi connectivity index (χ0) is 57.9. The van der Waals surface area contributed by atoms with Crippen LogP contribution in [0.2, 0.25) is 0 Å². The molecule has 0 aromatic heterocycles. The van der Waals surface area contributed by atoms with Crippen molar-refractivity contribution in [3.63, 3.8) is 0 Å². The van der Waals surface area contributed by atoms with Gasteiger partial charge in [0, 0.05) is 85.3 Å². The lowest BCUT2D eigenvalue weighted by Gasteiger charge is -2.31. The van der Waals surface area contributed by atoms with Crippen LogP contribution in [0, 0.1) is 13.8 Å². The summed E-state index contributed by atoms with van der Waals surface area (Å²) in [6, 6.07) is 98.5. The van der Waals surface area contributed by atoms with Crippen molar-refractivity contribution in [3.05, 3.63) is 289 Å². The van der Waals surface area contributed by atoms with Crippen LogP contribution in [-0.4, -0.2) is 23.5 Å². The Balaban J connectivity index is 0.980. The van der Waals surface area contributed by atoms with Gasteiger partial charge in [-0.05, 0) is 233 Å². The zero-order valence-corrected chi connectivity index (χ0v) is 49.9. The van der Waals surface area contributed by atoms with Crippen molar-refractivity contribution in [2.75, 3.05) is 24.5 Å². The van der Waals surface area contributed by atoms with E-state index in [1.54, 1.807) is 0 Å². The van der Waals surface area contributed by atoms with Gasteiger partial charge in [-0.15, -0.1) is 0 Å². The molecule has 0 saturated carbocycles. The van der Waals surface area contributed by atoms with Gasteiger partial charge in [-0.1, -0.05) is 139 Å². The summed E-state index contributed by atoms with van der Waals surface area (Å²) >= 11 is 0. The Kier molecular flexibility index (Phi) is 17.6. The molecule has 0 heterocycles. The molecule has 0 bridgehead atoms. The Morgan fingerprint density at radius 3 is 0.524 bits per heavy atom. The Bertz CT molecular complexity index is 3810. The fourth-order valence-corrected chi connectivity index (χ4v) is 11.1. The van der Waals surface area contributed by atoms with Crippen molar-refractivity contribution in [2.45, 2.75) is 66.2 Å². The molecule has 5 nitrogen and oxygen atoms in total. The lowest BCUT2D eigenvalue weighted by Crippen LogP contribution is -2.15. The first kappa shape index (κ1) is 56.5. The van der Waals surface area contributed by atoms with Gasteiger partial charge in [-0.3, -0.25) is 0 Å². The van der Waals surface area contributed by atoms with Crippen LogP contribution in [0.4, 0.5) is 85.3 Å². The lowest BCUT2D eigenvalue weighted by atomic mass is 9.95. The molecular formula is C76H74B3N5. The monoisotopic (exact) mass is 1090 g/mol. The van der Waals surface area contributed by atoms with Crippen LogP contribution in [0.25, 0.3) is 0 Å². The average Bonchev–Trinajstić information content (AvgIpc) is 3.72. The molecule has 11 aromatic carbocycles. The lowest BCUT2D eigenvalue weighted by molar-refractivity contribution is 0.795. The third-order valence-corrected chi connectivity index (χ3v) is 16.0. The highest BCUT2D eigenvalue weighted by Crippen LogP contribution is 2.44. The van der Waals surface area contributed by atoms with Crippen LogP contribution in [0.15, 0.2) is 267 Å². The second-order valence-corrected chi connectivity index (χ2v) is 22.5. The van der Waals surface area contributed by atoms with E-state index >= 15 is 0 Å². The minimum absolute atomic E-state index is 1.04. The van der Waals surface area contributed by atoms with E-state index in [0.29, 0.717) is 0 Å². The molecule has 11 rings (SSSR count). The first-order chi connectivity index (χ1) is 41.1. The van der Waals surface area contributed by atoms with E-state index in [0.717, 1.165) is 98.2 Å². The highest BCUT2D eigenvalue weighted by Gasteiger charge is 2.21. The van der Waals surface area contributed by atoms with Gasteiger partial charge in [0.15, 0.2) is 0 Å². The van der Waals surface area contributed by atoms with E-state index in [4.69, 9.17) is 0 Å². The highest BCUT2D eigenvalue weighted by molar-refractivity contribution is 6.33. The molecule has 11 aromatic rings. The maximum atomic E-state index is 2.37. The summed E-state index contributed by atoms with van der Waals surface area (Å²) < 4.78 is 0. The largest absolute Gasteiger partial charge is 0.311 e. The second-order valence-electron chi connectivity index (χ2n) is 22.5. The number of rotatable bonds is 21. The van der Waals surface area contributed by atoms with Crippen LogP contribution in [-0.2, 0) is 12.8 Å². The quantitative estimate of drug-likeness (QED) is 0.0665. The molecule has 0 fully saturated rings. The number of unbranched alkanes of at least 4 members (excludes halogenated alkanes) is 2. The number of hydrogen-bond acceptors (Lipinski definition) is 5. The molecule has 412 valence electrons. The van der Waals surface area contributed by atoms with Gasteiger partial charge in [0.1, 0.15) is 23.5 Å². The predicted octanol–water partition coefficient (Wildman–Crippen LogP) is 17.1. The first-order valence-corrected chi connectivity index (χ1v) is 30.0. The zero-order valence-electron chi connectivity index (χ0n) is 49.9. The van der Waals surface area contributed by atoms with E-state index < -0.39 is 0 Å². The summed E-state index contributed by atoms with van der Waals surface area (Å²) in [5.74, 6) is 0. The fraction of sp³-hybridized carbons (Fsp3) is 0.132. The van der Waals surface area contributed by atoms with Crippen molar-refractivity contribution in [3.8, 4) is 0 Å². The summed E-state index contributed by atoms with van der Waals surface area (Å²) in [6.45, 7) is 8.80. The third kappa shape index (κ3) is 13.1. The Morgan fingerprint density at radius 1 is 0.214 bits per heavy atom. The molecule has 0 saturated heterocycles. The maximum absolute atomic E-state index is 2.37. The van der Waals surface area contributed by atoms with Crippen LogP contribution in [0.3, 0.4) is 0 Å². The molecule has 0 amide bonds. The number of benzene rings is 11. The van der Waals surface area contributed by atoms with Crippen LogP contribution in [0.1, 0.15) is 61.8 Å². The van der Waals surface area contributed by atoms with E-state index in [1.807, 2.05) is 0 Å². The Labute approximate surface area is 502 Å². The maximum Gasteiger partial charge on any atom is 0.139 e. The van der Waals surface area contributed by atoms with E-state index in [2.05, 4.69) is 343 Å². The number of nitrogens with zero attached hydrogens (tertiary/aromatic N) is 5. The van der Waals surface area contributed by atoms with Gasteiger partial charge in [-0.25, -0.2) is 0 Å². The normalized spacial score (nSPS) is 11.0. The van der Waals surface area contributed by atoms with E-state index in [9.17, 15) is 0 Å². The summed E-state index contributed by atoms with van der Waals surface area (Å²) in [4.78, 5) is 11.8. The molecule has 0 atom stereocenters. The van der Waals surface area contributed by atoms with Crippen molar-refractivity contribution in [2.24, 2.45) is 0 Å². The average molecular weight is 1090 g/mol. The second kappa shape index (κ2) is 26.2. The topological polar surface area (TPSA) is 16.2 Å². The van der Waals surface area contributed by atoms with E-state index in [-0.39, 0.29) is 0 Å². The summed E-state index contributed by atoms with van der Waals surface area (Å²) in [5.41, 5.74) is 25.2. The van der Waals surface area contributed by atoms with Crippen LogP contribution >= 0.6 is 0 Å². The van der Waals surface area contributed by atoms with Crippen molar-refractivity contribution < 1.29 is 0 Å². The van der Waals surface area contributed by atoms with Crippen LogP contribution < -0.4 is 40.9 Å². The minimum Gasteiger partial charge on any atom is -0.311 e. The minimum atomic E-state index is 1.04. The van der Waals surface area contributed by atoms with E-state index in [1.165, 1.54) is 64.3 Å². The van der Waals surface area contributed by atoms with Crippen molar-refractivity contribution in [1.29, 1.82) is 0 Å². The molecule has 8 heteroatoms. The smallest absolute Gasteiger partial charge is 0.139 e. The van der Waals surface area contributed by atoms with Gasteiger partial charge in [0.25, 0.3) is 0 Å². The third-order valence-electron chi connectivity index (χ3n) is 16.0. The number of hydrogen-bond donors (Lipinski definition) is 0. The summed E-state index contributed by atoms with van der Waals surface area (Å²) in [7, 11) is 6.43. The molecule has 0 aliphatic carbocycles. The number of anilines is 15. The summed E-state index contributed by atoms with van der Waals surface area (Å²) in [6.07, 6.45) is 6.92. The molecule has 84 heavy (non-hydrogen) atoms. The van der Waals surface area contributed by atoms with Gasteiger partial charge in [0.2, 0.25) is 0 Å². The fourth-order valence-electron chi connectivity index (χ4n) is 11.1. The number of aryl methyl sites for hydroxylation is 4. The van der Waals surface area contributed by atoms with Gasteiger partial charge >= 0.3 is 0 Å². The standard InChI is InChI=1S/C76H74B3N5/c1-5-7-9-57-15-29-64(30-16-57)80(62-25-11-55(3)12-26-62)69-39-41-70(42-40-69)81(63-27-13-56(4)14-28-63)71-43-49-74(50-44-71)84(76-53-47-73(48-54-76)83(67-35-21-60(78)22-36-67)68-37-23-61(79)24-38-68)75-51-45-72(46-52-75)82(66-33-19-59(77)20-34-66)65-31-17-58(18-32-65)10-8-6-2/h11-54H,5-10,77-79H2,1-4H3. The molecule has 0 unspecified atom stereocenters. The molecule has 0 aliphatic rings. The van der Waals surface area contributed by atoms with Gasteiger partial charge < -0.3 is 24.5 Å². The highest BCUT2D eigenvalue weighted by atomic mass is 15.2. The van der Waals surface area contributed by atoms with Crippen molar-refractivity contribution >= 4 is 125 Å². The molecule has 0 spiro atoms. The Hall–Kier alpha value is -9.39. The summed E-state index contributed by atoms with van der Waals surface area (Å²) in [5, 5.41) is 0. The first-order valence-electron chi connectivity index (χ1n) is 30.0. The Morgan fingerprint density at radius 2 is 0.357 bits per heavy atom. The SMILES string of the molecule is Bc1ccc(N(c2ccc(B)cc2)c2ccc(N(c3ccc(N(c4ccc(B)cc4)c4ccc(CCCC)cc4)cc3)c3ccc(N(c4ccc(C)cc4)c4ccc(N(c5ccc(C)cc5)c5ccc(CCCC)cc5)cc4)cc3)cc2)cc1.